The van der Waals surface area contributed by atoms with Crippen LogP contribution in [0.1, 0.15) is 13.8 Å². The van der Waals surface area contributed by atoms with Gasteiger partial charge in [0.1, 0.15) is 11.5 Å². The maximum absolute atomic E-state index is 12.2. The lowest BCUT2D eigenvalue weighted by Gasteiger charge is -2.11. The van der Waals surface area contributed by atoms with Gasteiger partial charge in [-0.05, 0) is 38.1 Å². The number of rotatable bonds is 3. The highest BCUT2D eigenvalue weighted by molar-refractivity contribution is 5.43. The molecule has 2 aromatic heterocycles. The summed E-state index contributed by atoms with van der Waals surface area (Å²) in [6.07, 6.45) is 3.39. The number of nitrogens with zero attached hydrogens (tertiary/aromatic N) is 2. The zero-order valence-corrected chi connectivity index (χ0v) is 9.92. The summed E-state index contributed by atoms with van der Waals surface area (Å²) in [7, 11) is 0. The predicted octanol–water partition coefficient (Wildman–Crippen LogP) is 2.05. The second kappa shape index (κ2) is 4.82. The highest BCUT2D eigenvalue weighted by Gasteiger charge is 2.05. The standard InChI is InChI=1S/C13H15N3O/c1-10(2)15-11-6-5-9-16(13(11)17)12-7-3-4-8-14-12/h3-10,15H,1-2H3. The molecule has 0 saturated carbocycles. The van der Waals surface area contributed by atoms with Crippen LogP contribution in [0, 0.1) is 0 Å². The van der Waals surface area contributed by atoms with Crippen LogP contribution in [-0.2, 0) is 0 Å². The topological polar surface area (TPSA) is 46.9 Å². The summed E-state index contributed by atoms with van der Waals surface area (Å²) in [5.74, 6) is 0.630. The van der Waals surface area contributed by atoms with Gasteiger partial charge in [-0.2, -0.15) is 0 Å². The Morgan fingerprint density at radius 3 is 2.71 bits per heavy atom. The van der Waals surface area contributed by atoms with Gasteiger partial charge in [-0.3, -0.25) is 9.36 Å². The Labute approximate surface area is 99.9 Å². The average molecular weight is 229 g/mol. The van der Waals surface area contributed by atoms with Crippen LogP contribution in [0.5, 0.6) is 0 Å². The summed E-state index contributed by atoms with van der Waals surface area (Å²) in [4.78, 5) is 16.3. The zero-order chi connectivity index (χ0) is 12.3. The quantitative estimate of drug-likeness (QED) is 0.876. The van der Waals surface area contributed by atoms with Gasteiger partial charge < -0.3 is 5.32 Å². The van der Waals surface area contributed by atoms with Crippen LogP contribution in [0.25, 0.3) is 5.82 Å². The lowest BCUT2D eigenvalue weighted by atomic mass is 10.3. The summed E-state index contributed by atoms with van der Waals surface area (Å²) in [6, 6.07) is 9.33. The van der Waals surface area contributed by atoms with Gasteiger partial charge in [0, 0.05) is 18.4 Å². The van der Waals surface area contributed by atoms with Gasteiger partial charge in [-0.25, -0.2) is 4.98 Å². The molecule has 0 fully saturated rings. The minimum atomic E-state index is -0.0834. The first-order chi connectivity index (χ1) is 8.18. The molecule has 0 aliphatic heterocycles. The smallest absolute Gasteiger partial charge is 0.279 e. The summed E-state index contributed by atoms with van der Waals surface area (Å²) < 4.78 is 1.53. The summed E-state index contributed by atoms with van der Waals surface area (Å²) in [6.45, 7) is 4.00. The lowest BCUT2D eigenvalue weighted by Crippen LogP contribution is -2.24. The molecule has 0 aromatic carbocycles. The van der Waals surface area contributed by atoms with Crippen molar-refractivity contribution in [2.45, 2.75) is 19.9 Å². The lowest BCUT2D eigenvalue weighted by molar-refractivity contribution is 0.877. The van der Waals surface area contributed by atoms with E-state index in [-0.39, 0.29) is 11.6 Å². The molecule has 17 heavy (non-hydrogen) atoms. The van der Waals surface area contributed by atoms with Crippen molar-refractivity contribution in [3.05, 3.63) is 53.1 Å². The van der Waals surface area contributed by atoms with E-state index in [4.69, 9.17) is 0 Å². The Morgan fingerprint density at radius 1 is 1.24 bits per heavy atom. The molecule has 4 heteroatoms. The Kier molecular flexibility index (Phi) is 3.23. The van der Waals surface area contributed by atoms with E-state index in [2.05, 4.69) is 10.3 Å². The highest BCUT2D eigenvalue weighted by atomic mass is 16.1. The Bertz CT molecular complexity index is 546. The molecule has 0 bridgehead atoms. The maximum Gasteiger partial charge on any atom is 0.279 e. The SMILES string of the molecule is CC(C)Nc1cccn(-c2ccccn2)c1=O. The van der Waals surface area contributed by atoms with Crippen molar-refractivity contribution in [1.29, 1.82) is 0 Å². The third-order valence-electron chi connectivity index (χ3n) is 2.29. The Morgan fingerprint density at radius 2 is 2.06 bits per heavy atom. The number of pyridine rings is 2. The third-order valence-corrected chi connectivity index (χ3v) is 2.29. The molecule has 2 aromatic rings. The van der Waals surface area contributed by atoms with Crippen LogP contribution in [0.3, 0.4) is 0 Å². The zero-order valence-electron chi connectivity index (χ0n) is 9.92. The number of nitrogens with one attached hydrogen (secondary N) is 1. The first-order valence-electron chi connectivity index (χ1n) is 5.58. The van der Waals surface area contributed by atoms with Crippen molar-refractivity contribution < 1.29 is 0 Å². The third kappa shape index (κ3) is 2.53. The fourth-order valence-corrected chi connectivity index (χ4v) is 1.59. The van der Waals surface area contributed by atoms with Gasteiger partial charge in [-0.15, -0.1) is 0 Å². The first kappa shape index (κ1) is 11.4. The van der Waals surface area contributed by atoms with Gasteiger partial charge in [0.2, 0.25) is 0 Å². The molecule has 0 unspecified atom stereocenters. The molecular weight excluding hydrogens is 214 g/mol. The molecule has 0 amide bonds. The Hall–Kier alpha value is -2.10. The van der Waals surface area contributed by atoms with Crippen molar-refractivity contribution in [2.24, 2.45) is 0 Å². The van der Waals surface area contributed by atoms with Crippen molar-refractivity contribution in [3.8, 4) is 5.82 Å². The molecule has 88 valence electrons. The normalized spacial score (nSPS) is 10.5. The molecule has 0 spiro atoms. The molecule has 0 atom stereocenters. The van der Waals surface area contributed by atoms with Gasteiger partial charge in [0.05, 0.1) is 0 Å². The maximum atomic E-state index is 12.2. The molecule has 1 N–H and O–H groups in total. The minimum Gasteiger partial charge on any atom is -0.378 e. The van der Waals surface area contributed by atoms with E-state index in [1.807, 2.05) is 32.0 Å². The number of aromatic nitrogens is 2. The number of hydrogen-bond donors (Lipinski definition) is 1. The van der Waals surface area contributed by atoms with Crippen molar-refractivity contribution in [2.75, 3.05) is 5.32 Å². The van der Waals surface area contributed by atoms with E-state index in [0.717, 1.165) is 0 Å². The van der Waals surface area contributed by atoms with Crippen molar-refractivity contribution >= 4 is 5.69 Å². The Balaban J connectivity index is 2.47. The van der Waals surface area contributed by atoms with Gasteiger partial charge in [0.25, 0.3) is 5.56 Å². The molecular formula is C13H15N3O. The summed E-state index contributed by atoms with van der Waals surface area (Å²) in [5.41, 5.74) is 0.507. The minimum absolute atomic E-state index is 0.0834. The fourth-order valence-electron chi connectivity index (χ4n) is 1.59. The van der Waals surface area contributed by atoms with E-state index in [0.29, 0.717) is 11.5 Å². The predicted molar refractivity (Wildman–Crippen MR) is 68.6 cm³/mol. The van der Waals surface area contributed by atoms with Gasteiger partial charge in [0.15, 0.2) is 0 Å². The molecule has 0 aliphatic rings. The molecule has 2 heterocycles. The monoisotopic (exact) mass is 229 g/mol. The molecule has 0 saturated heterocycles. The van der Waals surface area contributed by atoms with E-state index in [1.54, 1.807) is 24.5 Å². The van der Waals surface area contributed by atoms with Crippen LogP contribution in [-0.4, -0.2) is 15.6 Å². The second-order valence-electron chi connectivity index (χ2n) is 4.08. The van der Waals surface area contributed by atoms with Gasteiger partial charge >= 0.3 is 0 Å². The van der Waals surface area contributed by atoms with Crippen LogP contribution < -0.4 is 10.9 Å². The van der Waals surface area contributed by atoms with Crippen LogP contribution in [0.4, 0.5) is 5.69 Å². The van der Waals surface area contributed by atoms with Crippen LogP contribution >= 0.6 is 0 Å². The van der Waals surface area contributed by atoms with Crippen LogP contribution in [0.15, 0.2) is 47.5 Å². The van der Waals surface area contributed by atoms with Crippen molar-refractivity contribution in [1.82, 2.24) is 9.55 Å². The van der Waals surface area contributed by atoms with Gasteiger partial charge in [-0.1, -0.05) is 6.07 Å². The van der Waals surface area contributed by atoms with E-state index in [1.165, 1.54) is 4.57 Å². The molecule has 0 radical (unpaired) electrons. The van der Waals surface area contributed by atoms with Crippen LogP contribution in [0.2, 0.25) is 0 Å². The number of hydrogen-bond acceptors (Lipinski definition) is 3. The van der Waals surface area contributed by atoms with Crippen molar-refractivity contribution in [3.63, 3.8) is 0 Å². The summed E-state index contributed by atoms with van der Waals surface area (Å²) >= 11 is 0. The highest BCUT2D eigenvalue weighted by Crippen LogP contribution is 2.05. The second-order valence-corrected chi connectivity index (χ2v) is 4.08. The van der Waals surface area contributed by atoms with E-state index < -0.39 is 0 Å². The largest absolute Gasteiger partial charge is 0.378 e. The molecule has 0 aliphatic carbocycles. The van der Waals surface area contributed by atoms with E-state index >= 15 is 0 Å². The molecule has 4 nitrogen and oxygen atoms in total. The first-order valence-corrected chi connectivity index (χ1v) is 5.58. The summed E-state index contributed by atoms with van der Waals surface area (Å²) in [5, 5.41) is 3.12. The number of anilines is 1. The molecule has 2 rings (SSSR count). The fraction of sp³-hybridized carbons (Fsp3) is 0.231. The van der Waals surface area contributed by atoms with E-state index in [9.17, 15) is 4.79 Å². The average Bonchev–Trinajstić information content (AvgIpc) is 2.32.